The van der Waals surface area contributed by atoms with E-state index in [1.807, 2.05) is 35.4 Å². The number of carbonyl (C=O) groups is 2. The highest BCUT2D eigenvalue weighted by Crippen LogP contribution is 2.22. The van der Waals surface area contributed by atoms with Crippen LogP contribution in [0.1, 0.15) is 71.2 Å². The van der Waals surface area contributed by atoms with E-state index in [-0.39, 0.29) is 11.8 Å². The zero-order valence-corrected chi connectivity index (χ0v) is 21.0. The van der Waals surface area contributed by atoms with Crippen LogP contribution in [0.5, 0.6) is 0 Å². The third-order valence-electron chi connectivity index (χ3n) is 7.44. The Hall–Kier alpha value is -3.19. The van der Waals surface area contributed by atoms with Gasteiger partial charge in [0.15, 0.2) is 0 Å². The van der Waals surface area contributed by atoms with Crippen LogP contribution in [0.2, 0.25) is 0 Å². The number of nitrogens with zero attached hydrogens (tertiary/aromatic N) is 3. The number of aromatic nitrogens is 2. The smallest absolute Gasteiger partial charge is 0.257 e. The Morgan fingerprint density at radius 3 is 2.56 bits per heavy atom. The van der Waals surface area contributed by atoms with Crippen molar-refractivity contribution in [2.24, 2.45) is 0 Å². The van der Waals surface area contributed by atoms with Crippen molar-refractivity contribution in [2.45, 2.75) is 64.0 Å². The van der Waals surface area contributed by atoms with Gasteiger partial charge in [-0.3, -0.25) is 14.6 Å². The topological polar surface area (TPSA) is 76.5 Å². The van der Waals surface area contributed by atoms with Gasteiger partial charge in [0.2, 0.25) is 0 Å². The number of fused-ring (bicyclic) bond motifs is 1. The molecule has 3 heterocycles. The van der Waals surface area contributed by atoms with Crippen molar-refractivity contribution in [1.82, 2.24) is 19.8 Å². The van der Waals surface area contributed by atoms with Gasteiger partial charge in [0.1, 0.15) is 5.52 Å². The van der Waals surface area contributed by atoms with Crippen LogP contribution < -0.4 is 5.32 Å². The second-order valence-corrected chi connectivity index (χ2v) is 9.97. The van der Waals surface area contributed by atoms with Crippen molar-refractivity contribution >= 4 is 22.8 Å². The van der Waals surface area contributed by atoms with Crippen LogP contribution in [0.4, 0.5) is 0 Å². The van der Waals surface area contributed by atoms with Gasteiger partial charge in [-0.2, -0.15) is 0 Å². The first kappa shape index (κ1) is 24.5. The molecule has 7 nitrogen and oxygen atoms in total. The first-order valence-corrected chi connectivity index (χ1v) is 13.4. The Kier molecular flexibility index (Phi) is 7.96. The fourth-order valence-electron chi connectivity index (χ4n) is 5.35. The summed E-state index contributed by atoms with van der Waals surface area (Å²) in [4.78, 5) is 32.0. The lowest BCUT2D eigenvalue weighted by atomic mass is 9.95. The number of nitrogens with one attached hydrogen (secondary N) is 1. The Morgan fingerprint density at radius 2 is 1.78 bits per heavy atom. The van der Waals surface area contributed by atoms with Gasteiger partial charge in [0, 0.05) is 43.6 Å². The van der Waals surface area contributed by atoms with Crippen LogP contribution in [0.3, 0.4) is 0 Å². The van der Waals surface area contributed by atoms with Crippen LogP contribution in [-0.4, -0.2) is 58.6 Å². The maximum Gasteiger partial charge on any atom is 0.257 e. The highest BCUT2D eigenvalue weighted by Gasteiger charge is 2.23. The molecule has 1 aliphatic carbocycles. The van der Waals surface area contributed by atoms with Gasteiger partial charge in [-0.05, 0) is 61.9 Å². The number of hydrogen-bond donors (Lipinski definition) is 1. The van der Waals surface area contributed by atoms with Gasteiger partial charge in [0.25, 0.3) is 11.8 Å². The summed E-state index contributed by atoms with van der Waals surface area (Å²) in [7, 11) is 0. The molecule has 0 bridgehead atoms. The van der Waals surface area contributed by atoms with E-state index in [0.717, 1.165) is 55.2 Å². The Morgan fingerprint density at radius 1 is 1.00 bits per heavy atom. The average molecular weight is 489 g/mol. The molecule has 0 unspecified atom stereocenters. The minimum Gasteiger partial charge on any atom is -0.378 e. The predicted molar refractivity (Wildman–Crippen MR) is 140 cm³/mol. The molecule has 1 N–H and O–H groups in total. The van der Waals surface area contributed by atoms with E-state index >= 15 is 0 Å². The van der Waals surface area contributed by atoms with E-state index in [2.05, 4.69) is 27.0 Å². The second-order valence-electron chi connectivity index (χ2n) is 9.97. The molecule has 36 heavy (non-hydrogen) atoms. The van der Waals surface area contributed by atoms with Crippen molar-refractivity contribution in [3.8, 4) is 0 Å². The van der Waals surface area contributed by atoms with Gasteiger partial charge < -0.3 is 19.5 Å². The van der Waals surface area contributed by atoms with Gasteiger partial charge >= 0.3 is 0 Å². The van der Waals surface area contributed by atoms with Crippen LogP contribution in [0.15, 0.2) is 48.8 Å². The molecule has 1 saturated carbocycles. The summed E-state index contributed by atoms with van der Waals surface area (Å²) in [6.07, 6.45) is 12.6. The number of aryl methyl sites for hydroxylation is 2. The summed E-state index contributed by atoms with van der Waals surface area (Å²) in [6, 6.07) is 12.3. The number of benzene rings is 1. The SMILES string of the molecule is O=C(NC1CCCCC1)c1ccc(CCCCn2cc(C(=O)N3CCOCC3)c3ncccc32)cc1. The number of carbonyl (C=O) groups excluding carboxylic acids is 2. The molecule has 1 aromatic carbocycles. The van der Waals surface area contributed by atoms with Crippen molar-refractivity contribution < 1.29 is 14.3 Å². The number of morpholine rings is 1. The number of unbranched alkanes of at least 4 members (excludes halogenated alkanes) is 1. The molecule has 5 rings (SSSR count). The molecule has 190 valence electrons. The van der Waals surface area contributed by atoms with E-state index in [1.165, 1.54) is 24.8 Å². The van der Waals surface area contributed by atoms with Crippen LogP contribution in [0, 0.1) is 0 Å². The highest BCUT2D eigenvalue weighted by molar-refractivity contribution is 6.05. The predicted octanol–water partition coefficient (Wildman–Crippen LogP) is 4.59. The molecular weight excluding hydrogens is 452 g/mol. The van der Waals surface area contributed by atoms with Gasteiger partial charge in [-0.15, -0.1) is 0 Å². The molecule has 0 radical (unpaired) electrons. The van der Waals surface area contributed by atoms with E-state index in [0.29, 0.717) is 37.9 Å². The monoisotopic (exact) mass is 488 g/mol. The van der Waals surface area contributed by atoms with E-state index in [9.17, 15) is 9.59 Å². The van der Waals surface area contributed by atoms with Crippen molar-refractivity contribution in [1.29, 1.82) is 0 Å². The Labute approximate surface area is 212 Å². The third-order valence-corrected chi connectivity index (χ3v) is 7.44. The van der Waals surface area contributed by atoms with Gasteiger partial charge in [-0.25, -0.2) is 0 Å². The quantitative estimate of drug-likeness (QED) is 0.471. The molecule has 2 fully saturated rings. The van der Waals surface area contributed by atoms with E-state index in [1.54, 1.807) is 6.20 Å². The molecule has 7 heteroatoms. The number of rotatable bonds is 8. The summed E-state index contributed by atoms with van der Waals surface area (Å²) in [6.45, 7) is 3.26. The zero-order valence-electron chi connectivity index (χ0n) is 21.0. The molecule has 2 amide bonds. The maximum absolute atomic E-state index is 13.1. The molecule has 1 aliphatic heterocycles. The Balaban J connectivity index is 1.15. The van der Waals surface area contributed by atoms with Crippen molar-refractivity contribution in [2.75, 3.05) is 26.3 Å². The molecule has 2 aliphatic rings. The molecule has 0 atom stereocenters. The summed E-state index contributed by atoms with van der Waals surface area (Å²) < 4.78 is 7.56. The van der Waals surface area contributed by atoms with Gasteiger partial charge in [0.05, 0.1) is 24.3 Å². The maximum atomic E-state index is 13.1. The summed E-state index contributed by atoms with van der Waals surface area (Å²) in [5.41, 5.74) is 4.44. The fraction of sp³-hybridized carbons (Fsp3) is 0.483. The normalized spacial score (nSPS) is 16.8. The number of hydrogen-bond acceptors (Lipinski definition) is 4. The van der Waals surface area contributed by atoms with Crippen LogP contribution in [0.25, 0.3) is 11.0 Å². The standard InChI is InChI=1S/C29H36N4O3/c34-28(31-24-8-2-1-3-9-24)23-13-11-22(12-14-23)7-4-5-16-33-21-25(27-26(33)10-6-15-30-27)29(35)32-17-19-36-20-18-32/h6,10-15,21,24H,1-5,7-9,16-20H2,(H,31,34). The minimum atomic E-state index is 0.0355. The molecule has 0 spiro atoms. The average Bonchev–Trinajstić information content (AvgIpc) is 3.30. The lowest BCUT2D eigenvalue weighted by Crippen LogP contribution is -2.40. The zero-order chi connectivity index (χ0) is 24.7. The lowest BCUT2D eigenvalue weighted by molar-refractivity contribution is 0.0304. The highest BCUT2D eigenvalue weighted by atomic mass is 16.5. The van der Waals surface area contributed by atoms with E-state index in [4.69, 9.17) is 4.74 Å². The molecular formula is C29H36N4O3. The number of ether oxygens (including phenoxy) is 1. The first-order valence-electron chi connectivity index (χ1n) is 13.4. The molecule has 1 saturated heterocycles. The summed E-state index contributed by atoms with van der Waals surface area (Å²) >= 11 is 0. The third kappa shape index (κ3) is 5.78. The van der Waals surface area contributed by atoms with Crippen molar-refractivity contribution in [3.05, 3.63) is 65.5 Å². The van der Waals surface area contributed by atoms with Crippen LogP contribution in [-0.2, 0) is 17.7 Å². The summed E-state index contributed by atoms with van der Waals surface area (Å²) in [5, 5.41) is 3.19. The second kappa shape index (κ2) is 11.7. The first-order chi connectivity index (χ1) is 17.7. The van der Waals surface area contributed by atoms with Crippen LogP contribution >= 0.6 is 0 Å². The molecule has 3 aromatic rings. The molecule has 2 aromatic heterocycles. The van der Waals surface area contributed by atoms with Gasteiger partial charge in [-0.1, -0.05) is 31.4 Å². The lowest BCUT2D eigenvalue weighted by Gasteiger charge is -2.26. The van der Waals surface area contributed by atoms with Crippen molar-refractivity contribution in [3.63, 3.8) is 0 Å². The number of amides is 2. The number of pyridine rings is 1. The Bertz CT molecular complexity index is 1170. The fourth-order valence-corrected chi connectivity index (χ4v) is 5.35. The minimum absolute atomic E-state index is 0.0355. The largest absolute Gasteiger partial charge is 0.378 e. The summed E-state index contributed by atoms with van der Waals surface area (Å²) in [5.74, 6) is 0.0809. The van der Waals surface area contributed by atoms with E-state index < -0.39 is 0 Å².